The topological polar surface area (TPSA) is 58.2 Å². The molecule has 0 saturated heterocycles. The fourth-order valence-electron chi connectivity index (χ4n) is 2.30. The molecule has 2 aromatic rings. The number of carbonyl (C=O) groups is 2. The fourth-order valence-corrected chi connectivity index (χ4v) is 3.49. The molecule has 0 unspecified atom stereocenters. The van der Waals surface area contributed by atoms with Crippen LogP contribution in [0.1, 0.15) is 19.3 Å². The maximum absolute atomic E-state index is 12.1. The molecule has 0 atom stereocenters. The van der Waals surface area contributed by atoms with E-state index in [2.05, 4.69) is 10.6 Å². The summed E-state index contributed by atoms with van der Waals surface area (Å²) in [4.78, 5) is 24.9. The summed E-state index contributed by atoms with van der Waals surface area (Å²) in [7, 11) is 0. The van der Waals surface area contributed by atoms with E-state index in [1.165, 1.54) is 0 Å². The second-order valence-corrected chi connectivity index (χ2v) is 7.47. The van der Waals surface area contributed by atoms with Crippen LogP contribution in [0.4, 0.5) is 11.4 Å². The molecule has 1 fully saturated rings. The lowest BCUT2D eigenvalue weighted by Gasteiger charge is -2.09. The highest BCUT2D eigenvalue weighted by Gasteiger charge is 2.29. The predicted molar refractivity (Wildman–Crippen MR) is 103 cm³/mol. The fraction of sp³-hybridized carbons (Fsp3) is 0.263. The standard InChI is InChI=1S/C19H19ClN2O2S/c20-16-6-1-2-7-17(16)25-11-10-18(23)21-14-4-3-5-15(12-14)22-19(24)13-8-9-13/h1-7,12-13H,8-11H2,(H,21,23)(H,22,24). The number of thioether (sulfide) groups is 1. The molecule has 4 nitrogen and oxygen atoms in total. The summed E-state index contributed by atoms with van der Waals surface area (Å²) < 4.78 is 0. The summed E-state index contributed by atoms with van der Waals surface area (Å²) in [6, 6.07) is 14.8. The Morgan fingerprint density at radius 1 is 1.04 bits per heavy atom. The van der Waals surface area contributed by atoms with Crippen molar-refractivity contribution < 1.29 is 9.59 Å². The van der Waals surface area contributed by atoms with E-state index >= 15 is 0 Å². The maximum atomic E-state index is 12.1. The van der Waals surface area contributed by atoms with Crippen LogP contribution in [-0.2, 0) is 9.59 Å². The van der Waals surface area contributed by atoms with Gasteiger partial charge in [0, 0.05) is 34.4 Å². The van der Waals surface area contributed by atoms with Gasteiger partial charge in [-0.1, -0.05) is 29.8 Å². The average molecular weight is 375 g/mol. The second-order valence-electron chi connectivity index (χ2n) is 5.92. The molecular formula is C19H19ClN2O2S. The molecule has 0 radical (unpaired) electrons. The first-order valence-electron chi connectivity index (χ1n) is 8.20. The second kappa shape index (κ2) is 8.41. The van der Waals surface area contributed by atoms with Crippen molar-refractivity contribution in [1.82, 2.24) is 0 Å². The van der Waals surface area contributed by atoms with Gasteiger partial charge in [0.25, 0.3) is 0 Å². The molecule has 0 aromatic heterocycles. The van der Waals surface area contributed by atoms with Gasteiger partial charge in [-0.2, -0.15) is 0 Å². The van der Waals surface area contributed by atoms with Crippen LogP contribution in [0.15, 0.2) is 53.4 Å². The summed E-state index contributed by atoms with van der Waals surface area (Å²) in [5, 5.41) is 6.45. The van der Waals surface area contributed by atoms with E-state index in [-0.39, 0.29) is 17.7 Å². The summed E-state index contributed by atoms with van der Waals surface area (Å²) in [6.07, 6.45) is 2.31. The quantitative estimate of drug-likeness (QED) is 0.684. The van der Waals surface area contributed by atoms with Crippen molar-refractivity contribution in [3.63, 3.8) is 0 Å². The van der Waals surface area contributed by atoms with Crippen LogP contribution >= 0.6 is 23.4 Å². The van der Waals surface area contributed by atoms with E-state index in [1.54, 1.807) is 17.8 Å². The molecule has 3 rings (SSSR count). The predicted octanol–water partition coefficient (Wildman–Crippen LogP) is 4.81. The molecule has 1 aliphatic carbocycles. The molecule has 6 heteroatoms. The number of carbonyl (C=O) groups excluding carboxylic acids is 2. The van der Waals surface area contributed by atoms with E-state index in [4.69, 9.17) is 11.6 Å². The van der Waals surface area contributed by atoms with Gasteiger partial charge in [-0.3, -0.25) is 9.59 Å². The van der Waals surface area contributed by atoms with Crippen LogP contribution in [-0.4, -0.2) is 17.6 Å². The first-order valence-corrected chi connectivity index (χ1v) is 9.56. The molecule has 0 spiro atoms. The van der Waals surface area contributed by atoms with Crippen LogP contribution in [0.25, 0.3) is 0 Å². The lowest BCUT2D eigenvalue weighted by atomic mass is 10.2. The van der Waals surface area contributed by atoms with E-state index in [9.17, 15) is 9.59 Å². The van der Waals surface area contributed by atoms with Crippen LogP contribution in [0.2, 0.25) is 5.02 Å². The van der Waals surface area contributed by atoms with Crippen molar-refractivity contribution in [2.24, 2.45) is 5.92 Å². The van der Waals surface area contributed by atoms with Gasteiger partial charge in [-0.25, -0.2) is 0 Å². The Balaban J connectivity index is 1.47. The number of nitrogens with one attached hydrogen (secondary N) is 2. The Kier molecular flexibility index (Phi) is 6.00. The molecule has 0 bridgehead atoms. The minimum Gasteiger partial charge on any atom is -0.326 e. The van der Waals surface area contributed by atoms with Gasteiger partial charge in [0.2, 0.25) is 11.8 Å². The Morgan fingerprint density at radius 3 is 2.48 bits per heavy atom. The molecule has 0 heterocycles. The summed E-state index contributed by atoms with van der Waals surface area (Å²) in [5.74, 6) is 0.790. The Hall–Kier alpha value is -1.98. The molecule has 25 heavy (non-hydrogen) atoms. The molecule has 1 aliphatic rings. The third-order valence-electron chi connectivity index (χ3n) is 3.79. The Labute approximate surface area is 156 Å². The molecule has 0 aliphatic heterocycles. The van der Waals surface area contributed by atoms with Crippen molar-refractivity contribution in [1.29, 1.82) is 0 Å². The minimum atomic E-state index is -0.0646. The normalized spacial score (nSPS) is 13.3. The molecular weight excluding hydrogens is 356 g/mol. The summed E-state index contributed by atoms with van der Waals surface area (Å²) in [5.41, 5.74) is 1.39. The third kappa shape index (κ3) is 5.51. The molecule has 1 saturated carbocycles. The minimum absolute atomic E-state index is 0.0552. The van der Waals surface area contributed by atoms with Crippen molar-refractivity contribution >= 4 is 46.6 Å². The zero-order valence-corrected chi connectivity index (χ0v) is 15.2. The number of halogens is 1. The molecule has 2 aromatic carbocycles. The molecule has 2 N–H and O–H groups in total. The largest absolute Gasteiger partial charge is 0.326 e. The zero-order valence-electron chi connectivity index (χ0n) is 13.6. The monoisotopic (exact) mass is 374 g/mol. The van der Waals surface area contributed by atoms with Crippen LogP contribution < -0.4 is 10.6 Å². The number of rotatable bonds is 7. The van der Waals surface area contributed by atoms with E-state index in [1.807, 2.05) is 42.5 Å². The Bertz CT molecular complexity index is 778. The number of hydrogen-bond acceptors (Lipinski definition) is 3. The number of benzene rings is 2. The highest BCUT2D eigenvalue weighted by Crippen LogP contribution is 2.30. The van der Waals surface area contributed by atoms with Gasteiger partial charge in [-0.15, -0.1) is 11.8 Å². The molecule has 130 valence electrons. The van der Waals surface area contributed by atoms with Gasteiger partial charge in [0.1, 0.15) is 0 Å². The number of hydrogen-bond donors (Lipinski definition) is 2. The smallest absolute Gasteiger partial charge is 0.227 e. The van der Waals surface area contributed by atoms with Crippen molar-refractivity contribution in [3.8, 4) is 0 Å². The van der Waals surface area contributed by atoms with E-state index in [0.29, 0.717) is 28.6 Å². The van der Waals surface area contributed by atoms with Crippen molar-refractivity contribution in [2.75, 3.05) is 16.4 Å². The van der Waals surface area contributed by atoms with Gasteiger partial charge in [0.15, 0.2) is 0 Å². The first-order chi connectivity index (χ1) is 12.1. The number of amides is 2. The highest BCUT2D eigenvalue weighted by atomic mass is 35.5. The average Bonchev–Trinajstić information content (AvgIpc) is 3.42. The SMILES string of the molecule is O=C(CCSc1ccccc1Cl)Nc1cccc(NC(=O)C2CC2)c1. The van der Waals surface area contributed by atoms with Gasteiger partial charge in [-0.05, 0) is 43.2 Å². The maximum Gasteiger partial charge on any atom is 0.227 e. The van der Waals surface area contributed by atoms with E-state index in [0.717, 1.165) is 17.7 Å². The summed E-state index contributed by atoms with van der Waals surface area (Å²) >= 11 is 7.66. The highest BCUT2D eigenvalue weighted by molar-refractivity contribution is 7.99. The zero-order chi connectivity index (χ0) is 17.6. The van der Waals surface area contributed by atoms with Gasteiger partial charge in [0.05, 0.1) is 5.02 Å². The summed E-state index contributed by atoms with van der Waals surface area (Å²) in [6.45, 7) is 0. The van der Waals surface area contributed by atoms with Crippen LogP contribution in [0.5, 0.6) is 0 Å². The van der Waals surface area contributed by atoms with Crippen molar-refractivity contribution in [3.05, 3.63) is 53.6 Å². The number of anilines is 2. The Morgan fingerprint density at radius 2 is 1.76 bits per heavy atom. The van der Waals surface area contributed by atoms with Crippen LogP contribution in [0.3, 0.4) is 0 Å². The van der Waals surface area contributed by atoms with E-state index < -0.39 is 0 Å². The van der Waals surface area contributed by atoms with Crippen molar-refractivity contribution in [2.45, 2.75) is 24.2 Å². The lowest BCUT2D eigenvalue weighted by Crippen LogP contribution is -2.15. The molecule has 2 amide bonds. The van der Waals surface area contributed by atoms with Gasteiger partial charge < -0.3 is 10.6 Å². The lowest BCUT2D eigenvalue weighted by molar-refractivity contribution is -0.117. The first kappa shape index (κ1) is 17.8. The van der Waals surface area contributed by atoms with Crippen LogP contribution in [0, 0.1) is 5.92 Å². The third-order valence-corrected chi connectivity index (χ3v) is 5.30. The van der Waals surface area contributed by atoms with Gasteiger partial charge >= 0.3 is 0 Å².